The molecule has 10 heteroatoms. The van der Waals surface area contributed by atoms with Gasteiger partial charge in [0.25, 0.3) is 0 Å². The Bertz CT molecular complexity index is 1020. The van der Waals surface area contributed by atoms with E-state index in [1.54, 1.807) is 12.5 Å². The van der Waals surface area contributed by atoms with Gasteiger partial charge < -0.3 is 9.72 Å². The van der Waals surface area contributed by atoms with E-state index in [1.807, 2.05) is 10.6 Å². The summed E-state index contributed by atoms with van der Waals surface area (Å²) in [5, 5.41) is 6.87. The Hall–Kier alpha value is -2.75. The van der Waals surface area contributed by atoms with E-state index in [1.165, 1.54) is 0 Å². The normalized spacial score (nSPS) is 13.4. The van der Waals surface area contributed by atoms with Crippen LogP contribution >= 0.6 is 15.9 Å². The molecule has 4 aromatic heterocycles. The summed E-state index contributed by atoms with van der Waals surface area (Å²) < 4.78 is 7.92. The zero-order chi connectivity index (χ0) is 15.4. The lowest BCUT2D eigenvalue weighted by Gasteiger charge is -2.02. The number of nitrogens with zero attached hydrogens (tertiary/aromatic N) is 6. The van der Waals surface area contributed by atoms with E-state index >= 15 is 0 Å². The first-order chi connectivity index (χ1) is 11.3. The first-order valence-electron chi connectivity index (χ1n) is 6.91. The van der Waals surface area contributed by atoms with Crippen molar-refractivity contribution in [2.24, 2.45) is 0 Å². The molecule has 9 nitrogen and oxygen atoms in total. The summed E-state index contributed by atoms with van der Waals surface area (Å²) in [5.74, 6) is 1.73. The van der Waals surface area contributed by atoms with E-state index in [-0.39, 0.29) is 0 Å². The van der Waals surface area contributed by atoms with Crippen LogP contribution in [0, 0.1) is 0 Å². The molecule has 0 saturated carbocycles. The van der Waals surface area contributed by atoms with Gasteiger partial charge in [0.15, 0.2) is 5.82 Å². The molecule has 5 rings (SSSR count). The Labute approximate surface area is 137 Å². The molecule has 0 atom stereocenters. The van der Waals surface area contributed by atoms with Crippen molar-refractivity contribution < 1.29 is 4.74 Å². The van der Waals surface area contributed by atoms with E-state index in [0.29, 0.717) is 34.5 Å². The Morgan fingerprint density at radius 2 is 2.22 bits per heavy atom. The van der Waals surface area contributed by atoms with Gasteiger partial charge in [-0.3, -0.25) is 9.50 Å². The number of hydrogen-bond donors (Lipinski definition) is 2. The highest BCUT2D eigenvalue weighted by atomic mass is 79.9. The average Bonchev–Trinajstić information content (AvgIpc) is 3.30. The molecule has 4 aromatic rings. The van der Waals surface area contributed by atoms with Crippen LogP contribution in [0.1, 0.15) is 5.56 Å². The fraction of sp³-hybridized carbons (Fsp3) is 0.154. The first kappa shape index (κ1) is 12.8. The van der Waals surface area contributed by atoms with Gasteiger partial charge in [-0.15, -0.1) is 5.10 Å². The van der Waals surface area contributed by atoms with Crippen molar-refractivity contribution in [3.05, 3.63) is 29.0 Å². The molecule has 0 aliphatic carbocycles. The predicted molar refractivity (Wildman–Crippen MR) is 82.8 cm³/mol. The maximum atomic E-state index is 5.53. The Kier molecular flexibility index (Phi) is 2.56. The quantitative estimate of drug-likeness (QED) is 0.552. The van der Waals surface area contributed by atoms with Gasteiger partial charge >= 0.3 is 0 Å². The minimum absolute atomic E-state index is 0.471. The third-order valence-electron chi connectivity index (χ3n) is 3.70. The van der Waals surface area contributed by atoms with Crippen molar-refractivity contribution in [3.8, 4) is 28.8 Å². The molecular formula is C13H9BrN8O. The van der Waals surface area contributed by atoms with Crippen LogP contribution in [-0.2, 0) is 6.42 Å². The monoisotopic (exact) mass is 372 g/mol. The van der Waals surface area contributed by atoms with Crippen molar-refractivity contribution in [1.82, 2.24) is 39.5 Å². The molecule has 23 heavy (non-hydrogen) atoms. The predicted octanol–water partition coefficient (Wildman–Crippen LogP) is 1.60. The van der Waals surface area contributed by atoms with Gasteiger partial charge in [-0.1, -0.05) is 0 Å². The third-order valence-corrected chi connectivity index (χ3v) is 4.05. The third kappa shape index (κ3) is 1.88. The van der Waals surface area contributed by atoms with E-state index < -0.39 is 0 Å². The lowest BCUT2D eigenvalue weighted by Crippen LogP contribution is -1.95. The van der Waals surface area contributed by atoms with E-state index in [9.17, 15) is 0 Å². The molecule has 2 N–H and O–H groups in total. The van der Waals surface area contributed by atoms with Crippen LogP contribution in [0.15, 0.2) is 23.5 Å². The number of nitrogens with one attached hydrogen (secondary N) is 2. The maximum absolute atomic E-state index is 5.53. The number of rotatable bonds is 2. The summed E-state index contributed by atoms with van der Waals surface area (Å²) in [7, 11) is 0. The number of imidazole rings is 2. The number of ether oxygens (including phenoxy) is 1. The SMILES string of the molecule is Brc1n[nH]c(-c2nc3nc4c(cn3c2-c2cnc[nH]2)CCO4)n1. The summed E-state index contributed by atoms with van der Waals surface area (Å²) in [4.78, 5) is 20.6. The largest absolute Gasteiger partial charge is 0.477 e. The fourth-order valence-corrected chi connectivity index (χ4v) is 2.97. The molecule has 114 valence electrons. The van der Waals surface area contributed by atoms with Gasteiger partial charge in [0.05, 0.1) is 24.8 Å². The van der Waals surface area contributed by atoms with Gasteiger partial charge in [0.2, 0.25) is 16.4 Å². The van der Waals surface area contributed by atoms with Crippen LogP contribution in [0.2, 0.25) is 0 Å². The second kappa shape index (κ2) is 4.62. The summed E-state index contributed by atoms with van der Waals surface area (Å²) in [6.07, 6.45) is 6.20. The molecule has 0 radical (unpaired) electrons. The van der Waals surface area contributed by atoms with Crippen molar-refractivity contribution in [3.63, 3.8) is 0 Å². The van der Waals surface area contributed by atoms with Crippen LogP contribution in [0.4, 0.5) is 0 Å². The first-order valence-corrected chi connectivity index (χ1v) is 7.71. The minimum Gasteiger partial charge on any atom is -0.477 e. The van der Waals surface area contributed by atoms with Gasteiger partial charge in [0.1, 0.15) is 11.4 Å². The zero-order valence-corrected chi connectivity index (χ0v) is 13.2. The Morgan fingerprint density at radius 3 is 3.00 bits per heavy atom. The van der Waals surface area contributed by atoms with E-state index in [0.717, 1.165) is 23.4 Å². The highest BCUT2D eigenvalue weighted by Gasteiger charge is 2.23. The molecule has 0 spiro atoms. The van der Waals surface area contributed by atoms with Crippen molar-refractivity contribution in [2.45, 2.75) is 6.42 Å². The van der Waals surface area contributed by atoms with Crippen molar-refractivity contribution >= 4 is 21.7 Å². The smallest absolute Gasteiger partial charge is 0.238 e. The van der Waals surface area contributed by atoms with Crippen molar-refractivity contribution in [2.75, 3.05) is 6.61 Å². The second-order valence-corrected chi connectivity index (χ2v) is 5.78. The van der Waals surface area contributed by atoms with Crippen LogP contribution in [0.5, 0.6) is 5.88 Å². The molecule has 0 fully saturated rings. The van der Waals surface area contributed by atoms with Crippen LogP contribution in [0.25, 0.3) is 28.7 Å². The van der Waals surface area contributed by atoms with Gasteiger partial charge in [0, 0.05) is 18.2 Å². The van der Waals surface area contributed by atoms with Crippen LogP contribution in [0.3, 0.4) is 0 Å². The molecule has 0 aromatic carbocycles. The van der Waals surface area contributed by atoms with Gasteiger partial charge in [-0.2, -0.15) is 9.97 Å². The summed E-state index contributed by atoms with van der Waals surface area (Å²) in [6.45, 7) is 0.650. The molecule has 5 heterocycles. The lowest BCUT2D eigenvalue weighted by atomic mass is 10.2. The molecule has 0 saturated heterocycles. The summed E-state index contributed by atoms with van der Waals surface area (Å²) in [6, 6.07) is 0. The highest BCUT2D eigenvalue weighted by molar-refractivity contribution is 9.10. The molecular weight excluding hydrogens is 364 g/mol. The summed E-state index contributed by atoms with van der Waals surface area (Å²) in [5.41, 5.74) is 3.34. The molecule has 1 aliphatic heterocycles. The summed E-state index contributed by atoms with van der Waals surface area (Å²) >= 11 is 3.25. The van der Waals surface area contributed by atoms with Crippen LogP contribution < -0.4 is 4.74 Å². The number of halogens is 1. The number of aromatic nitrogens is 8. The lowest BCUT2D eigenvalue weighted by molar-refractivity contribution is 0.345. The van der Waals surface area contributed by atoms with Crippen molar-refractivity contribution in [1.29, 1.82) is 0 Å². The minimum atomic E-state index is 0.471. The molecule has 0 unspecified atom stereocenters. The fourth-order valence-electron chi connectivity index (χ4n) is 2.70. The van der Waals surface area contributed by atoms with E-state index in [4.69, 9.17) is 4.74 Å². The maximum Gasteiger partial charge on any atom is 0.238 e. The molecule has 0 bridgehead atoms. The number of hydrogen-bond acceptors (Lipinski definition) is 6. The second-order valence-electron chi connectivity index (χ2n) is 5.07. The molecule has 1 aliphatic rings. The average molecular weight is 373 g/mol. The number of fused-ring (bicyclic) bond motifs is 2. The van der Waals surface area contributed by atoms with Gasteiger partial charge in [-0.25, -0.2) is 9.97 Å². The standard InChI is InChI=1S/C13H9BrN8O/c14-12-18-10(20-21-12)8-9(7-3-15-5-16-7)22-4-6-1-2-23-11(6)19-13(22)17-8/h3-5H,1-2H2,(H,15,16)(H,18,20,21). The van der Waals surface area contributed by atoms with E-state index in [2.05, 4.69) is 51.0 Å². The highest BCUT2D eigenvalue weighted by Crippen LogP contribution is 2.32. The Morgan fingerprint density at radius 1 is 1.26 bits per heavy atom. The number of aromatic amines is 2. The zero-order valence-electron chi connectivity index (χ0n) is 11.6. The molecule has 0 amide bonds. The topological polar surface area (TPSA) is 110 Å². The number of H-pyrrole nitrogens is 2. The van der Waals surface area contributed by atoms with Gasteiger partial charge in [-0.05, 0) is 15.9 Å². The Balaban J connectivity index is 1.85. The van der Waals surface area contributed by atoms with Crippen LogP contribution in [-0.4, -0.2) is 46.1 Å².